The minimum absolute atomic E-state index is 0.0852. The van der Waals surface area contributed by atoms with E-state index in [9.17, 15) is 14.0 Å². The lowest BCUT2D eigenvalue weighted by atomic mass is 10.1. The first kappa shape index (κ1) is 22.1. The molecule has 0 aliphatic carbocycles. The molecule has 0 bridgehead atoms. The first-order valence-corrected chi connectivity index (χ1v) is 11.4. The molecule has 0 atom stereocenters. The van der Waals surface area contributed by atoms with E-state index < -0.39 is 5.82 Å². The number of carbonyl (C=O) groups is 2. The average Bonchev–Trinajstić information content (AvgIpc) is 3.18. The molecule has 6 nitrogen and oxygen atoms in total. The summed E-state index contributed by atoms with van der Waals surface area (Å²) in [6.45, 7) is 3.50. The van der Waals surface area contributed by atoms with Crippen molar-refractivity contribution >= 4 is 34.4 Å². The van der Waals surface area contributed by atoms with Crippen LogP contribution in [0.1, 0.15) is 26.5 Å². The standard InChI is InChI=1S/C26H22ClFN4O2/c1-17-29-23-15-18(7-10-24(23)32(17)20-5-3-2-4-6-20)25(33)30-11-13-31(14-12-30)26(34)21-9-8-19(28)16-22(21)27/h2-10,15-16H,11-14H2,1H3. The molecule has 0 radical (unpaired) electrons. The van der Waals surface area contributed by atoms with E-state index in [-0.39, 0.29) is 22.4 Å². The molecule has 1 aromatic heterocycles. The van der Waals surface area contributed by atoms with Gasteiger partial charge < -0.3 is 9.80 Å². The van der Waals surface area contributed by atoms with Crippen molar-refractivity contribution in [3.05, 3.63) is 94.5 Å². The van der Waals surface area contributed by atoms with Crippen LogP contribution in [0, 0.1) is 12.7 Å². The average molecular weight is 477 g/mol. The van der Waals surface area contributed by atoms with E-state index in [0.717, 1.165) is 28.6 Å². The third-order valence-corrected chi connectivity index (χ3v) is 6.41. The van der Waals surface area contributed by atoms with Crippen LogP contribution in [-0.2, 0) is 0 Å². The molecule has 1 aliphatic rings. The third kappa shape index (κ3) is 4.03. The second kappa shape index (κ2) is 8.91. The lowest BCUT2D eigenvalue weighted by molar-refractivity contribution is 0.0535. The van der Waals surface area contributed by atoms with E-state index >= 15 is 0 Å². The number of para-hydroxylation sites is 1. The van der Waals surface area contributed by atoms with Crippen molar-refractivity contribution in [3.63, 3.8) is 0 Å². The van der Waals surface area contributed by atoms with Gasteiger partial charge in [0.15, 0.2) is 0 Å². The molecule has 2 heterocycles. The Kier molecular flexibility index (Phi) is 5.79. The Bertz CT molecular complexity index is 1390. The van der Waals surface area contributed by atoms with Gasteiger partial charge in [0.05, 0.1) is 21.6 Å². The zero-order valence-corrected chi connectivity index (χ0v) is 19.3. The van der Waals surface area contributed by atoms with Crippen LogP contribution in [0.2, 0.25) is 5.02 Å². The Morgan fingerprint density at radius 3 is 2.24 bits per heavy atom. The van der Waals surface area contributed by atoms with E-state index in [4.69, 9.17) is 11.6 Å². The molecule has 3 aromatic carbocycles. The molecule has 0 unspecified atom stereocenters. The molecule has 172 valence electrons. The van der Waals surface area contributed by atoms with Gasteiger partial charge in [-0.15, -0.1) is 0 Å². The van der Waals surface area contributed by atoms with Crippen LogP contribution in [0.15, 0.2) is 66.7 Å². The first-order chi connectivity index (χ1) is 16.4. The normalized spacial score (nSPS) is 14.0. The maximum Gasteiger partial charge on any atom is 0.255 e. The molecule has 0 spiro atoms. The third-order valence-electron chi connectivity index (χ3n) is 6.10. The Labute approximate surface area is 201 Å². The Hall–Kier alpha value is -3.71. The van der Waals surface area contributed by atoms with E-state index in [2.05, 4.69) is 9.55 Å². The number of rotatable bonds is 3. The van der Waals surface area contributed by atoms with E-state index in [1.807, 2.05) is 55.5 Å². The molecule has 8 heteroatoms. The van der Waals surface area contributed by atoms with Crippen molar-refractivity contribution in [1.29, 1.82) is 0 Å². The maximum absolute atomic E-state index is 13.3. The Balaban J connectivity index is 1.31. The summed E-state index contributed by atoms with van der Waals surface area (Å²) in [6, 6.07) is 19.3. The Morgan fingerprint density at radius 2 is 1.56 bits per heavy atom. The van der Waals surface area contributed by atoms with Crippen LogP contribution in [0.25, 0.3) is 16.7 Å². The number of amides is 2. The number of hydrogen-bond acceptors (Lipinski definition) is 3. The molecule has 34 heavy (non-hydrogen) atoms. The fourth-order valence-corrected chi connectivity index (χ4v) is 4.61. The number of halogens is 2. The predicted molar refractivity (Wildman–Crippen MR) is 129 cm³/mol. The zero-order chi connectivity index (χ0) is 23.8. The summed E-state index contributed by atoms with van der Waals surface area (Å²) >= 11 is 6.04. The molecule has 0 saturated carbocycles. The summed E-state index contributed by atoms with van der Waals surface area (Å²) < 4.78 is 15.4. The summed E-state index contributed by atoms with van der Waals surface area (Å²) in [5.74, 6) is -0.00344. The molecule has 1 aliphatic heterocycles. The van der Waals surface area contributed by atoms with E-state index in [1.165, 1.54) is 12.1 Å². The highest BCUT2D eigenvalue weighted by molar-refractivity contribution is 6.33. The molecular formula is C26H22ClFN4O2. The van der Waals surface area contributed by atoms with Gasteiger partial charge in [0.25, 0.3) is 11.8 Å². The van der Waals surface area contributed by atoms with Gasteiger partial charge in [-0.2, -0.15) is 0 Å². The van der Waals surface area contributed by atoms with Crippen molar-refractivity contribution in [2.24, 2.45) is 0 Å². The quantitative estimate of drug-likeness (QED) is 0.429. The number of aromatic nitrogens is 2. The highest BCUT2D eigenvalue weighted by atomic mass is 35.5. The van der Waals surface area contributed by atoms with Crippen LogP contribution in [-0.4, -0.2) is 57.3 Å². The van der Waals surface area contributed by atoms with Crippen LogP contribution in [0.3, 0.4) is 0 Å². The van der Waals surface area contributed by atoms with Gasteiger partial charge in [-0.1, -0.05) is 29.8 Å². The largest absolute Gasteiger partial charge is 0.335 e. The monoisotopic (exact) mass is 476 g/mol. The Morgan fingerprint density at radius 1 is 0.882 bits per heavy atom. The van der Waals surface area contributed by atoms with Gasteiger partial charge in [-0.25, -0.2) is 9.37 Å². The lowest BCUT2D eigenvalue weighted by Crippen LogP contribution is -2.50. The molecule has 1 fully saturated rings. The molecule has 0 N–H and O–H groups in total. The SMILES string of the molecule is Cc1nc2cc(C(=O)N3CCN(C(=O)c4ccc(F)cc4Cl)CC3)ccc2n1-c1ccccc1. The molecule has 1 saturated heterocycles. The van der Waals surface area contributed by atoms with Crippen LogP contribution >= 0.6 is 11.6 Å². The topological polar surface area (TPSA) is 58.4 Å². The van der Waals surface area contributed by atoms with Gasteiger partial charge in [0.2, 0.25) is 0 Å². The number of hydrogen-bond donors (Lipinski definition) is 0. The van der Waals surface area contributed by atoms with E-state index in [1.54, 1.807) is 9.80 Å². The van der Waals surface area contributed by atoms with Crippen LogP contribution in [0.4, 0.5) is 4.39 Å². The number of nitrogens with zero attached hydrogens (tertiary/aromatic N) is 4. The summed E-state index contributed by atoms with van der Waals surface area (Å²) in [5.41, 5.74) is 3.53. The highest BCUT2D eigenvalue weighted by Crippen LogP contribution is 2.24. The van der Waals surface area contributed by atoms with Gasteiger partial charge in [-0.05, 0) is 55.5 Å². The number of imidazole rings is 1. The fourth-order valence-electron chi connectivity index (χ4n) is 4.37. The van der Waals surface area contributed by atoms with E-state index in [0.29, 0.717) is 31.7 Å². The summed E-state index contributed by atoms with van der Waals surface area (Å²) in [4.78, 5) is 34.0. The predicted octanol–water partition coefficient (Wildman–Crippen LogP) is 4.72. The number of benzene rings is 3. The minimum atomic E-state index is -0.488. The maximum atomic E-state index is 13.3. The first-order valence-electron chi connectivity index (χ1n) is 11.0. The molecule has 2 amide bonds. The molecular weight excluding hydrogens is 455 g/mol. The lowest BCUT2D eigenvalue weighted by Gasteiger charge is -2.35. The van der Waals surface area contributed by atoms with Gasteiger partial charge in [0, 0.05) is 37.4 Å². The van der Waals surface area contributed by atoms with Crippen LogP contribution < -0.4 is 0 Å². The highest BCUT2D eigenvalue weighted by Gasteiger charge is 2.27. The molecule has 4 aromatic rings. The van der Waals surface area contributed by atoms with Crippen molar-refractivity contribution in [2.45, 2.75) is 6.92 Å². The zero-order valence-electron chi connectivity index (χ0n) is 18.5. The molecule has 5 rings (SSSR count). The van der Waals surface area contributed by atoms with Crippen molar-refractivity contribution in [3.8, 4) is 5.69 Å². The summed E-state index contributed by atoms with van der Waals surface area (Å²) in [5, 5.41) is 0.0852. The minimum Gasteiger partial charge on any atom is -0.335 e. The van der Waals surface area contributed by atoms with Crippen molar-refractivity contribution in [1.82, 2.24) is 19.4 Å². The van der Waals surface area contributed by atoms with Crippen molar-refractivity contribution in [2.75, 3.05) is 26.2 Å². The van der Waals surface area contributed by atoms with Gasteiger partial charge in [-0.3, -0.25) is 14.2 Å². The number of carbonyl (C=O) groups excluding carboxylic acids is 2. The summed E-state index contributed by atoms with van der Waals surface area (Å²) in [7, 11) is 0. The fraction of sp³-hybridized carbons (Fsp3) is 0.192. The smallest absolute Gasteiger partial charge is 0.255 e. The second-order valence-electron chi connectivity index (χ2n) is 8.24. The van der Waals surface area contributed by atoms with Gasteiger partial charge in [0.1, 0.15) is 11.6 Å². The van der Waals surface area contributed by atoms with Gasteiger partial charge >= 0.3 is 0 Å². The number of piperazine rings is 1. The number of fused-ring (bicyclic) bond motifs is 1. The second-order valence-corrected chi connectivity index (χ2v) is 8.65. The number of aryl methyl sites for hydroxylation is 1. The summed E-state index contributed by atoms with van der Waals surface area (Å²) in [6.07, 6.45) is 0. The van der Waals surface area contributed by atoms with Crippen LogP contribution in [0.5, 0.6) is 0 Å². The van der Waals surface area contributed by atoms with Crippen molar-refractivity contribution < 1.29 is 14.0 Å².